The molecule has 1 aromatic carbocycles. The Morgan fingerprint density at radius 2 is 2.06 bits per heavy atom. The van der Waals surface area contributed by atoms with E-state index in [1.807, 2.05) is 11.8 Å². The fourth-order valence-corrected chi connectivity index (χ4v) is 4.60. The zero-order valence-corrected chi connectivity index (χ0v) is 11.4. The van der Waals surface area contributed by atoms with Gasteiger partial charge < -0.3 is 9.84 Å². The van der Waals surface area contributed by atoms with E-state index in [0.29, 0.717) is 11.9 Å². The lowest BCUT2D eigenvalue weighted by molar-refractivity contribution is -0.0205. The highest BCUT2D eigenvalue weighted by Gasteiger charge is 2.36. The first-order valence-electron chi connectivity index (χ1n) is 6.75. The molecule has 18 heavy (non-hydrogen) atoms. The molecule has 1 saturated heterocycles. The van der Waals surface area contributed by atoms with Crippen molar-refractivity contribution in [3.05, 3.63) is 29.8 Å². The summed E-state index contributed by atoms with van der Waals surface area (Å²) in [5.74, 6) is 0. The summed E-state index contributed by atoms with van der Waals surface area (Å²) in [5, 5.41) is 10.4. The maximum Gasteiger partial charge on any atom is 0.0489 e. The van der Waals surface area contributed by atoms with Crippen LogP contribution in [0.15, 0.2) is 29.2 Å². The van der Waals surface area contributed by atoms with Gasteiger partial charge in [0, 0.05) is 30.0 Å². The van der Waals surface area contributed by atoms with Crippen molar-refractivity contribution in [1.82, 2.24) is 0 Å². The lowest BCUT2D eigenvalue weighted by Gasteiger charge is -2.37. The molecule has 1 fully saturated rings. The minimum absolute atomic E-state index is 0.109. The number of aliphatic hydroxyl groups is 1. The highest BCUT2D eigenvalue weighted by Crippen LogP contribution is 2.45. The molecule has 0 bridgehead atoms. The molecule has 0 amide bonds. The van der Waals surface area contributed by atoms with E-state index in [-0.39, 0.29) is 5.41 Å². The van der Waals surface area contributed by atoms with E-state index in [0.717, 1.165) is 38.9 Å². The Balaban J connectivity index is 1.67. The first kappa shape index (κ1) is 12.5. The maximum atomic E-state index is 9.75. The first-order chi connectivity index (χ1) is 8.81. The van der Waals surface area contributed by atoms with Gasteiger partial charge in [-0.05, 0) is 42.7 Å². The number of benzene rings is 1. The van der Waals surface area contributed by atoms with Crippen LogP contribution in [0.1, 0.15) is 24.8 Å². The molecule has 2 aliphatic rings. The molecule has 0 aliphatic carbocycles. The Kier molecular flexibility index (Phi) is 3.64. The van der Waals surface area contributed by atoms with Gasteiger partial charge in [-0.3, -0.25) is 0 Å². The van der Waals surface area contributed by atoms with Crippen molar-refractivity contribution in [2.24, 2.45) is 5.41 Å². The molecule has 3 rings (SSSR count). The zero-order chi connectivity index (χ0) is 12.4. The van der Waals surface area contributed by atoms with Gasteiger partial charge in [0.25, 0.3) is 0 Å². The summed E-state index contributed by atoms with van der Waals surface area (Å²) in [6, 6.07) is 8.69. The molecular weight excluding hydrogens is 244 g/mol. The molecule has 1 aromatic rings. The predicted molar refractivity (Wildman–Crippen MR) is 74.0 cm³/mol. The fourth-order valence-electron chi connectivity index (χ4n) is 3.08. The second-order valence-corrected chi connectivity index (χ2v) is 6.87. The van der Waals surface area contributed by atoms with Gasteiger partial charge in [-0.15, -0.1) is 11.8 Å². The van der Waals surface area contributed by atoms with Gasteiger partial charge in [-0.1, -0.05) is 18.2 Å². The van der Waals surface area contributed by atoms with Crippen LogP contribution in [-0.2, 0) is 11.2 Å². The van der Waals surface area contributed by atoms with Gasteiger partial charge in [0.1, 0.15) is 0 Å². The summed E-state index contributed by atoms with van der Waals surface area (Å²) in [5.41, 5.74) is 1.59. The van der Waals surface area contributed by atoms with Crippen molar-refractivity contribution in [3.8, 4) is 0 Å². The van der Waals surface area contributed by atoms with E-state index in [4.69, 9.17) is 4.74 Å². The summed E-state index contributed by atoms with van der Waals surface area (Å²) >= 11 is 1.99. The van der Waals surface area contributed by atoms with E-state index in [1.165, 1.54) is 10.5 Å². The second kappa shape index (κ2) is 5.24. The van der Waals surface area contributed by atoms with Crippen LogP contribution in [0.5, 0.6) is 0 Å². The number of hydrogen-bond acceptors (Lipinski definition) is 3. The standard InChI is InChI=1S/C15H20O2S/c16-11-15(5-7-17-8-6-15)10-13-9-12-3-1-2-4-14(12)18-13/h1-4,13,16H,5-11H2. The molecule has 1 N–H and O–H groups in total. The van der Waals surface area contributed by atoms with Gasteiger partial charge >= 0.3 is 0 Å². The van der Waals surface area contributed by atoms with Crippen LogP contribution in [0.4, 0.5) is 0 Å². The fraction of sp³-hybridized carbons (Fsp3) is 0.600. The molecule has 1 atom stereocenters. The Morgan fingerprint density at radius 1 is 1.28 bits per heavy atom. The maximum absolute atomic E-state index is 9.75. The summed E-state index contributed by atoms with van der Waals surface area (Å²) < 4.78 is 5.43. The number of aliphatic hydroxyl groups excluding tert-OH is 1. The molecule has 2 nitrogen and oxygen atoms in total. The topological polar surface area (TPSA) is 29.5 Å². The number of fused-ring (bicyclic) bond motifs is 1. The molecule has 2 heterocycles. The normalized spacial score (nSPS) is 25.9. The highest BCUT2D eigenvalue weighted by atomic mass is 32.2. The first-order valence-corrected chi connectivity index (χ1v) is 7.62. The largest absolute Gasteiger partial charge is 0.396 e. The minimum Gasteiger partial charge on any atom is -0.396 e. The van der Waals surface area contributed by atoms with E-state index < -0.39 is 0 Å². The van der Waals surface area contributed by atoms with Crippen molar-refractivity contribution in [2.45, 2.75) is 35.8 Å². The van der Waals surface area contributed by atoms with Gasteiger partial charge in [0.2, 0.25) is 0 Å². The third kappa shape index (κ3) is 2.44. The number of rotatable bonds is 3. The SMILES string of the molecule is OCC1(CC2Cc3ccccc3S2)CCOCC1. The average Bonchev–Trinajstić information content (AvgIpc) is 2.81. The zero-order valence-electron chi connectivity index (χ0n) is 10.6. The highest BCUT2D eigenvalue weighted by molar-refractivity contribution is 8.00. The lowest BCUT2D eigenvalue weighted by atomic mass is 9.76. The van der Waals surface area contributed by atoms with Gasteiger partial charge in [-0.2, -0.15) is 0 Å². The monoisotopic (exact) mass is 264 g/mol. The third-order valence-electron chi connectivity index (χ3n) is 4.26. The predicted octanol–water partition coefficient (Wildman–Crippen LogP) is 2.88. The van der Waals surface area contributed by atoms with Crippen molar-refractivity contribution in [1.29, 1.82) is 0 Å². The van der Waals surface area contributed by atoms with E-state index in [1.54, 1.807) is 0 Å². The van der Waals surface area contributed by atoms with Crippen LogP contribution < -0.4 is 0 Å². The molecule has 1 unspecified atom stereocenters. The summed E-state index contributed by atoms with van der Waals surface area (Å²) in [7, 11) is 0. The molecule has 0 radical (unpaired) electrons. The summed E-state index contributed by atoms with van der Waals surface area (Å²) in [6.07, 6.45) is 4.30. The van der Waals surface area contributed by atoms with Crippen molar-refractivity contribution in [3.63, 3.8) is 0 Å². The molecule has 98 valence electrons. The van der Waals surface area contributed by atoms with Crippen LogP contribution in [0, 0.1) is 5.41 Å². The molecule has 3 heteroatoms. The summed E-state index contributed by atoms with van der Waals surface area (Å²) in [4.78, 5) is 1.43. The lowest BCUT2D eigenvalue weighted by Crippen LogP contribution is -2.35. The van der Waals surface area contributed by atoms with Gasteiger partial charge in [0.05, 0.1) is 0 Å². The Bertz CT molecular complexity index is 388. The van der Waals surface area contributed by atoms with Gasteiger partial charge in [-0.25, -0.2) is 0 Å². The Hall–Kier alpha value is -0.510. The number of ether oxygens (including phenoxy) is 1. The van der Waals surface area contributed by atoms with Crippen molar-refractivity contribution in [2.75, 3.05) is 19.8 Å². The van der Waals surface area contributed by atoms with Crippen LogP contribution in [0.25, 0.3) is 0 Å². The molecule has 0 aromatic heterocycles. The number of thioether (sulfide) groups is 1. The average molecular weight is 264 g/mol. The third-order valence-corrected chi connectivity index (χ3v) is 5.58. The Morgan fingerprint density at radius 3 is 2.78 bits per heavy atom. The van der Waals surface area contributed by atoms with E-state index >= 15 is 0 Å². The van der Waals surface area contributed by atoms with Gasteiger partial charge in [0.15, 0.2) is 0 Å². The smallest absolute Gasteiger partial charge is 0.0489 e. The minimum atomic E-state index is 0.109. The quantitative estimate of drug-likeness (QED) is 0.910. The second-order valence-electron chi connectivity index (χ2n) is 5.53. The van der Waals surface area contributed by atoms with Crippen molar-refractivity contribution >= 4 is 11.8 Å². The van der Waals surface area contributed by atoms with Crippen molar-refractivity contribution < 1.29 is 9.84 Å². The van der Waals surface area contributed by atoms with Crippen LogP contribution in [-0.4, -0.2) is 30.2 Å². The van der Waals surface area contributed by atoms with Crippen LogP contribution in [0.3, 0.4) is 0 Å². The van der Waals surface area contributed by atoms with E-state index in [2.05, 4.69) is 24.3 Å². The molecule has 2 aliphatic heterocycles. The van der Waals surface area contributed by atoms with Crippen LogP contribution >= 0.6 is 11.8 Å². The van der Waals surface area contributed by atoms with Crippen LogP contribution in [0.2, 0.25) is 0 Å². The Labute approximate surface area is 113 Å². The molecular formula is C15H20O2S. The molecule has 0 saturated carbocycles. The summed E-state index contributed by atoms with van der Waals surface area (Å²) in [6.45, 7) is 1.93. The molecule has 0 spiro atoms. The number of hydrogen-bond donors (Lipinski definition) is 1. The van der Waals surface area contributed by atoms with E-state index in [9.17, 15) is 5.11 Å².